The summed E-state index contributed by atoms with van der Waals surface area (Å²) in [5.41, 5.74) is 1.54. The molecule has 0 amide bonds. The SMILES string of the molecule is Cc1ccc(SC(=O)c2cc(C)on2)cc1. The third-order valence-corrected chi connectivity index (χ3v) is 2.97. The summed E-state index contributed by atoms with van der Waals surface area (Å²) in [6.45, 7) is 3.78. The molecule has 1 heterocycles. The molecule has 0 unspecified atom stereocenters. The van der Waals surface area contributed by atoms with Crippen LogP contribution in [0.1, 0.15) is 21.8 Å². The van der Waals surface area contributed by atoms with Crippen LogP contribution in [0, 0.1) is 13.8 Å². The molecule has 2 rings (SSSR count). The van der Waals surface area contributed by atoms with Gasteiger partial charge in [-0.2, -0.15) is 0 Å². The summed E-state index contributed by atoms with van der Waals surface area (Å²) in [5, 5.41) is 3.59. The third-order valence-electron chi connectivity index (χ3n) is 2.07. The number of carbonyl (C=O) groups excluding carboxylic acids is 1. The van der Waals surface area contributed by atoms with Gasteiger partial charge in [-0.1, -0.05) is 22.9 Å². The molecule has 0 saturated carbocycles. The maximum atomic E-state index is 11.8. The van der Waals surface area contributed by atoms with Crippen LogP contribution in [0.15, 0.2) is 39.8 Å². The van der Waals surface area contributed by atoms with Gasteiger partial charge in [0.05, 0.1) is 0 Å². The first-order valence-electron chi connectivity index (χ1n) is 4.87. The minimum absolute atomic E-state index is 0.0966. The molecular weight excluding hydrogens is 222 g/mol. The summed E-state index contributed by atoms with van der Waals surface area (Å²) >= 11 is 1.16. The number of carbonyl (C=O) groups is 1. The predicted octanol–water partition coefficient (Wildman–Crippen LogP) is 3.22. The van der Waals surface area contributed by atoms with Crippen LogP contribution >= 0.6 is 11.8 Å². The van der Waals surface area contributed by atoms with E-state index >= 15 is 0 Å². The Morgan fingerprint density at radius 3 is 2.50 bits per heavy atom. The van der Waals surface area contributed by atoms with Gasteiger partial charge in [-0.25, -0.2) is 0 Å². The number of hydrogen-bond acceptors (Lipinski definition) is 4. The van der Waals surface area contributed by atoms with E-state index in [-0.39, 0.29) is 5.12 Å². The molecule has 0 bridgehead atoms. The molecule has 0 aliphatic rings. The molecule has 0 aliphatic carbocycles. The van der Waals surface area contributed by atoms with Crippen LogP contribution in [0.5, 0.6) is 0 Å². The third kappa shape index (κ3) is 2.52. The molecule has 4 heteroatoms. The molecule has 0 radical (unpaired) electrons. The lowest BCUT2D eigenvalue weighted by Crippen LogP contribution is -1.92. The summed E-state index contributed by atoms with van der Waals surface area (Å²) in [5.74, 6) is 0.646. The van der Waals surface area contributed by atoms with Crippen molar-refractivity contribution in [3.8, 4) is 0 Å². The average molecular weight is 233 g/mol. The second kappa shape index (κ2) is 4.53. The van der Waals surface area contributed by atoms with Crippen molar-refractivity contribution in [2.24, 2.45) is 0 Å². The Bertz CT molecular complexity index is 502. The molecule has 0 atom stereocenters. The van der Waals surface area contributed by atoms with Crippen LogP contribution < -0.4 is 0 Å². The minimum Gasteiger partial charge on any atom is -0.361 e. The maximum Gasteiger partial charge on any atom is 0.246 e. The van der Waals surface area contributed by atoms with Crippen LogP contribution in [0.25, 0.3) is 0 Å². The fourth-order valence-corrected chi connectivity index (χ4v) is 1.92. The molecule has 82 valence electrons. The highest BCUT2D eigenvalue weighted by Gasteiger charge is 2.12. The van der Waals surface area contributed by atoms with E-state index < -0.39 is 0 Å². The number of hydrogen-bond donors (Lipinski definition) is 0. The van der Waals surface area contributed by atoms with Crippen molar-refractivity contribution in [1.29, 1.82) is 0 Å². The summed E-state index contributed by atoms with van der Waals surface area (Å²) < 4.78 is 4.86. The van der Waals surface area contributed by atoms with Crippen molar-refractivity contribution in [3.05, 3.63) is 47.3 Å². The first kappa shape index (κ1) is 11.0. The van der Waals surface area contributed by atoms with E-state index in [4.69, 9.17) is 4.52 Å². The molecule has 0 aliphatic heterocycles. The fourth-order valence-electron chi connectivity index (χ4n) is 1.23. The van der Waals surface area contributed by atoms with E-state index in [1.807, 2.05) is 31.2 Å². The van der Waals surface area contributed by atoms with Crippen molar-refractivity contribution in [1.82, 2.24) is 5.16 Å². The fraction of sp³-hybridized carbons (Fsp3) is 0.167. The Morgan fingerprint density at radius 2 is 1.94 bits per heavy atom. The Balaban J connectivity index is 2.10. The molecule has 0 fully saturated rings. The van der Waals surface area contributed by atoms with E-state index in [1.165, 1.54) is 5.56 Å². The Kier molecular flexibility index (Phi) is 3.10. The smallest absolute Gasteiger partial charge is 0.246 e. The van der Waals surface area contributed by atoms with Crippen molar-refractivity contribution < 1.29 is 9.32 Å². The van der Waals surface area contributed by atoms with Crippen molar-refractivity contribution in [2.45, 2.75) is 18.7 Å². The van der Waals surface area contributed by atoms with Crippen molar-refractivity contribution in [3.63, 3.8) is 0 Å². The second-order valence-electron chi connectivity index (χ2n) is 3.53. The van der Waals surface area contributed by atoms with E-state index in [9.17, 15) is 4.79 Å². The molecule has 16 heavy (non-hydrogen) atoms. The largest absolute Gasteiger partial charge is 0.361 e. The highest BCUT2D eigenvalue weighted by molar-refractivity contribution is 8.14. The lowest BCUT2D eigenvalue weighted by molar-refractivity contribution is 0.108. The number of rotatable bonds is 2. The van der Waals surface area contributed by atoms with Gasteiger partial charge in [-0.3, -0.25) is 4.79 Å². The summed E-state index contributed by atoms with van der Waals surface area (Å²) in [6, 6.07) is 9.44. The number of benzene rings is 1. The molecular formula is C12H11NO2S. The zero-order valence-corrected chi connectivity index (χ0v) is 9.88. The molecule has 0 spiro atoms. The van der Waals surface area contributed by atoms with Crippen LogP contribution in [-0.2, 0) is 0 Å². The minimum atomic E-state index is -0.0966. The van der Waals surface area contributed by atoms with E-state index in [0.29, 0.717) is 11.5 Å². The number of aryl methyl sites for hydroxylation is 2. The maximum absolute atomic E-state index is 11.8. The van der Waals surface area contributed by atoms with Crippen LogP contribution in [0.2, 0.25) is 0 Å². The molecule has 0 saturated heterocycles. The van der Waals surface area contributed by atoms with Gasteiger partial charge in [0.25, 0.3) is 0 Å². The molecule has 0 N–H and O–H groups in total. The van der Waals surface area contributed by atoms with Crippen LogP contribution in [-0.4, -0.2) is 10.3 Å². The van der Waals surface area contributed by atoms with Crippen molar-refractivity contribution >= 4 is 16.9 Å². The first-order chi connectivity index (χ1) is 7.65. The Labute approximate surface area is 97.8 Å². The van der Waals surface area contributed by atoms with E-state index in [0.717, 1.165) is 16.7 Å². The van der Waals surface area contributed by atoms with Gasteiger partial charge in [-0.05, 0) is 37.7 Å². The number of aromatic nitrogens is 1. The topological polar surface area (TPSA) is 43.1 Å². The quantitative estimate of drug-likeness (QED) is 0.747. The Hall–Kier alpha value is -1.55. The number of nitrogens with zero attached hydrogens (tertiary/aromatic N) is 1. The zero-order chi connectivity index (χ0) is 11.5. The predicted molar refractivity (Wildman–Crippen MR) is 62.6 cm³/mol. The summed E-state index contributed by atoms with van der Waals surface area (Å²) in [7, 11) is 0. The van der Waals surface area contributed by atoms with Crippen LogP contribution in [0.4, 0.5) is 0 Å². The normalized spacial score (nSPS) is 10.4. The lowest BCUT2D eigenvalue weighted by atomic mass is 10.2. The highest BCUT2D eigenvalue weighted by atomic mass is 32.2. The van der Waals surface area contributed by atoms with E-state index in [1.54, 1.807) is 13.0 Å². The number of thioether (sulfide) groups is 1. The monoisotopic (exact) mass is 233 g/mol. The molecule has 2 aromatic rings. The molecule has 1 aromatic carbocycles. The van der Waals surface area contributed by atoms with Gasteiger partial charge in [0, 0.05) is 11.0 Å². The van der Waals surface area contributed by atoms with Gasteiger partial charge < -0.3 is 4.52 Å². The molecule has 1 aromatic heterocycles. The van der Waals surface area contributed by atoms with Crippen molar-refractivity contribution in [2.75, 3.05) is 0 Å². The first-order valence-corrected chi connectivity index (χ1v) is 5.69. The van der Waals surface area contributed by atoms with Gasteiger partial charge in [0.15, 0.2) is 5.69 Å². The Morgan fingerprint density at radius 1 is 1.25 bits per heavy atom. The average Bonchev–Trinajstić information content (AvgIpc) is 2.68. The summed E-state index contributed by atoms with van der Waals surface area (Å²) in [4.78, 5) is 12.7. The zero-order valence-electron chi connectivity index (χ0n) is 9.06. The van der Waals surface area contributed by atoms with Crippen LogP contribution in [0.3, 0.4) is 0 Å². The van der Waals surface area contributed by atoms with Gasteiger partial charge in [-0.15, -0.1) is 0 Å². The molecule has 3 nitrogen and oxygen atoms in total. The van der Waals surface area contributed by atoms with Gasteiger partial charge >= 0.3 is 0 Å². The van der Waals surface area contributed by atoms with Gasteiger partial charge in [0.1, 0.15) is 5.76 Å². The highest BCUT2D eigenvalue weighted by Crippen LogP contribution is 2.22. The standard InChI is InChI=1S/C12H11NO2S/c1-8-3-5-10(6-4-8)16-12(14)11-7-9(2)15-13-11/h3-7H,1-2H3. The summed E-state index contributed by atoms with van der Waals surface area (Å²) in [6.07, 6.45) is 0. The van der Waals surface area contributed by atoms with E-state index in [2.05, 4.69) is 5.16 Å². The lowest BCUT2D eigenvalue weighted by Gasteiger charge is -1.98. The second-order valence-corrected chi connectivity index (χ2v) is 4.57. The van der Waals surface area contributed by atoms with Gasteiger partial charge in [0.2, 0.25) is 5.12 Å².